The predicted molar refractivity (Wildman–Crippen MR) is 94.4 cm³/mol. The topological polar surface area (TPSA) is 30.5 Å². The molecule has 0 aliphatic heterocycles. The van der Waals surface area contributed by atoms with Gasteiger partial charge in [0.25, 0.3) is 0 Å². The second-order valence-corrected chi connectivity index (χ2v) is 7.32. The van der Waals surface area contributed by atoms with Crippen molar-refractivity contribution in [3.63, 3.8) is 0 Å². The van der Waals surface area contributed by atoms with E-state index in [0.29, 0.717) is 6.61 Å². The summed E-state index contributed by atoms with van der Waals surface area (Å²) in [6.45, 7) is 4.57. The Balaban J connectivity index is 1.99. The molecule has 0 saturated heterocycles. The van der Waals surface area contributed by atoms with E-state index in [1.54, 1.807) is 18.4 Å². The highest BCUT2D eigenvalue weighted by Gasteiger charge is 2.09. The molecule has 0 fully saturated rings. The maximum Gasteiger partial charge on any atom is 0.135 e. The molecule has 21 heavy (non-hydrogen) atoms. The Bertz CT molecular complexity index is 601. The van der Waals surface area contributed by atoms with Crippen molar-refractivity contribution in [2.24, 2.45) is 0 Å². The van der Waals surface area contributed by atoms with Gasteiger partial charge in [0.1, 0.15) is 18.1 Å². The van der Waals surface area contributed by atoms with Gasteiger partial charge in [-0.25, -0.2) is 0 Å². The van der Waals surface area contributed by atoms with Crippen LogP contribution in [0.4, 0.5) is 0 Å². The largest absolute Gasteiger partial charge is 0.496 e. The van der Waals surface area contributed by atoms with Crippen molar-refractivity contribution in [3.8, 4) is 11.5 Å². The molecule has 0 radical (unpaired) electrons. The maximum absolute atomic E-state index is 5.88. The van der Waals surface area contributed by atoms with Crippen molar-refractivity contribution >= 4 is 43.2 Å². The SMILES string of the molecule is CCNCc1ccc(COc2cc(Br)c(OC)cc2Br)s1. The van der Waals surface area contributed by atoms with Gasteiger partial charge in [0.15, 0.2) is 0 Å². The summed E-state index contributed by atoms with van der Waals surface area (Å²) in [6, 6.07) is 8.06. The van der Waals surface area contributed by atoms with Crippen LogP contribution >= 0.6 is 43.2 Å². The molecule has 0 amide bonds. The molecule has 1 aromatic heterocycles. The van der Waals surface area contributed by atoms with Gasteiger partial charge < -0.3 is 14.8 Å². The lowest BCUT2D eigenvalue weighted by Gasteiger charge is -2.10. The highest BCUT2D eigenvalue weighted by atomic mass is 79.9. The highest BCUT2D eigenvalue weighted by Crippen LogP contribution is 2.36. The maximum atomic E-state index is 5.88. The molecule has 6 heteroatoms. The first kappa shape index (κ1) is 16.8. The van der Waals surface area contributed by atoms with Crippen LogP contribution in [0.15, 0.2) is 33.2 Å². The Morgan fingerprint density at radius 3 is 2.48 bits per heavy atom. The molecule has 0 aliphatic rings. The lowest BCUT2D eigenvalue weighted by Crippen LogP contribution is -2.10. The number of hydrogen-bond acceptors (Lipinski definition) is 4. The zero-order chi connectivity index (χ0) is 15.2. The molecule has 0 spiro atoms. The summed E-state index contributed by atoms with van der Waals surface area (Å²) in [5.41, 5.74) is 0. The first-order valence-corrected chi connectivity index (χ1v) is 8.98. The Morgan fingerprint density at radius 2 is 1.76 bits per heavy atom. The quantitative estimate of drug-likeness (QED) is 0.667. The lowest BCUT2D eigenvalue weighted by molar-refractivity contribution is 0.306. The standard InChI is InChI=1S/C15H17Br2NO2S/c1-3-18-8-10-4-5-11(21-10)9-20-15-7-12(16)14(19-2)6-13(15)17/h4-7,18H,3,8-9H2,1-2H3. The summed E-state index contributed by atoms with van der Waals surface area (Å²) in [7, 11) is 1.64. The lowest BCUT2D eigenvalue weighted by atomic mass is 10.3. The van der Waals surface area contributed by atoms with E-state index in [0.717, 1.165) is 33.5 Å². The molecule has 0 aliphatic carbocycles. The third-order valence-corrected chi connectivity index (χ3v) is 5.14. The van der Waals surface area contributed by atoms with E-state index in [9.17, 15) is 0 Å². The number of thiophene rings is 1. The minimum absolute atomic E-state index is 0.564. The van der Waals surface area contributed by atoms with Crippen LogP contribution in [0.2, 0.25) is 0 Å². The van der Waals surface area contributed by atoms with E-state index in [1.807, 2.05) is 12.1 Å². The zero-order valence-corrected chi connectivity index (χ0v) is 15.9. The van der Waals surface area contributed by atoms with E-state index < -0.39 is 0 Å². The van der Waals surface area contributed by atoms with Crippen molar-refractivity contribution in [1.29, 1.82) is 0 Å². The average Bonchev–Trinajstić information content (AvgIpc) is 2.93. The second kappa shape index (κ2) is 8.17. The third-order valence-electron chi connectivity index (χ3n) is 2.84. The predicted octanol–water partition coefficient (Wildman–Crippen LogP) is 4.97. The Morgan fingerprint density at radius 1 is 1.10 bits per heavy atom. The average molecular weight is 435 g/mol. The van der Waals surface area contributed by atoms with E-state index in [4.69, 9.17) is 9.47 Å². The summed E-state index contributed by atoms with van der Waals surface area (Å²) in [5, 5.41) is 3.32. The van der Waals surface area contributed by atoms with Crippen molar-refractivity contribution in [2.45, 2.75) is 20.1 Å². The summed E-state index contributed by atoms with van der Waals surface area (Å²) >= 11 is 8.74. The second-order valence-electron chi connectivity index (χ2n) is 4.35. The molecule has 0 unspecified atom stereocenters. The number of hydrogen-bond donors (Lipinski definition) is 1. The summed E-state index contributed by atoms with van der Waals surface area (Å²) < 4.78 is 12.9. The monoisotopic (exact) mass is 433 g/mol. The van der Waals surface area contributed by atoms with Gasteiger partial charge in [0, 0.05) is 16.3 Å². The van der Waals surface area contributed by atoms with Crippen LogP contribution in [0.5, 0.6) is 11.5 Å². The van der Waals surface area contributed by atoms with Gasteiger partial charge in [0.2, 0.25) is 0 Å². The van der Waals surface area contributed by atoms with Gasteiger partial charge in [-0.3, -0.25) is 0 Å². The normalized spacial score (nSPS) is 10.7. The molecule has 1 N–H and O–H groups in total. The van der Waals surface area contributed by atoms with E-state index in [-0.39, 0.29) is 0 Å². The Kier molecular flexibility index (Phi) is 6.54. The van der Waals surface area contributed by atoms with Crippen LogP contribution in [0.1, 0.15) is 16.7 Å². The van der Waals surface area contributed by atoms with Crippen molar-refractivity contribution in [1.82, 2.24) is 5.32 Å². The number of halogens is 2. The molecule has 0 saturated carbocycles. The fraction of sp³-hybridized carbons (Fsp3) is 0.333. The van der Waals surface area contributed by atoms with Crippen LogP contribution in [0.3, 0.4) is 0 Å². The van der Waals surface area contributed by atoms with E-state index >= 15 is 0 Å². The molecular formula is C15H17Br2NO2S. The number of nitrogens with one attached hydrogen (secondary N) is 1. The number of rotatable bonds is 7. The van der Waals surface area contributed by atoms with Gasteiger partial charge >= 0.3 is 0 Å². The van der Waals surface area contributed by atoms with Gasteiger partial charge in [-0.2, -0.15) is 0 Å². The van der Waals surface area contributed by atoms with Gasteiger partial charge in [-0.15, -0.1) is 11.3 Å². The smallest absolute Gasteiger partial charge is 0.135 e. The van der Waals surface area contributed by atoms with Crippen LogP contribution in [-0.4, -0.2) is 13.7 Å². The van der Waals surface area contributed by atoms with E-state index in [2.05, 4.69) is 56.2 Å². The number of benzene rings is 1. The summed E-state index contributed by atoms with van der Waals surface area (Å²) in [4.78, 5) is 2.53. The first-order valence-electron chi connectivity index (χ1n) is 6.58. The molecule has 2 aromatic rings. The van der Waals surface area contributed by atoms with Crippen LogP contribution < -0.4 is 14.8 Å². The van der Waals surface area contributed by atoms with Crippen molar-refractivity contribution in [2.75, 3.05) is 13.7 Å². The minimum atomic E-state index is 0.564. The van der Waals surface area contributed by atoms with Gasteiger partial charge in [-0.05, 0) is 62.7 Å². The first-order chi connectivity index (χ1) is 10.1. The number of ether oxygens (including phenoxy) is 2. The molecule has 3 nitrogen and oxygen atoms in total. The molecule has 1 heterocycles. The summed E-state index contributed by atoms with van der Waals surface area (Å²) in [5.74, 6) is 1.57. The number of methoxy groups -OCH3 is 1. The molecule has 0 bridgehead atoms. The van der Waals surface area contributed by atoms with Crippen LogP contribution in [0.25, 0.3) is 0 Å². The Hall–Kier alpha value is -0.560. The summed E-state index contributed by atoms with van der Waals surface area (Å²) in [6.07, 6.45) is 0. The zero-order valence-electron chi connectivity index (χ0n) is 11.9. The fourth-order valence-corrected chi connectivity index (χ4v) is 3.59. The molecule has 2 rings (SSSR count). The molecule has 1 aromatic carbocycles. The molecule has 114 valence electrons. The van der Waals surface area contributed by atoms with Gasteiger partial charge in [-0.1, -0.05) is 6.92 Å². The van der Waals surface area contributed by atoms with Gasteiger partial charge in [0.05, 0.1) is 16.1 Å². The Labute approximate surface area is 145 Å². The van der Waals surface area contributed by atoms with Crippen molar-refractivity contribution in [3.05, 3.63) is 43.0 Å². The van der Waals surface area contributed by atoms with E-state index in [1.165, 1.54) is 9.75 Å². The minimum Gasteiger partial charge on any atom is -0.496 e. The molecule has 0 atom stereocenters. The molecular weight excluding hydrogens is 418 g/mol. The van der Waals surface area contributed by atoms with Crippen LogP contribution in [0, 0.1) is 0 Å². The van der Waals surface area contributed by atoms with Crippen LogP contribution in [-0.2, 0) is 13.2 Å². The third kappa shape index (κ3) is 4.71. The highest BCUT2D eigenvalue weighted by molar-refractivity contribution is 9.11. The fourth-order valence-electron chi connectivity index (χ4n) is 1.77. The van der Waals surface area contributed by atoms with Crippen molar-refractivity contribution < 1.29 is 9.47 Å².